The summed E-state index contributed by atoms with van der Waals surface area (Å²) in [5.41, 5.74) is 7.80. The summed E-state index contributed by atoms with van der Waals surface area (Å²) in [5.74, 6) is 0.723. The molecule has 3 heteroatoms. The van der Waals surface area contributed by atoms with Crippen LogP contribution in [0.2, 0.25) is 0 Å². The van der Waals surface area contributed by atoms with Crippen LogP contribution in [0.3, 0.4) is 0 Å². The van der Waals surface area contributed by atoms with Gasteiger partial charge in [0.25, 0.3) is 0 Å². The van der Waals surface area contributed by atoms with E-state index in [1.165, 1.54) is 5.56 Å². The molecule has 2 rings (SSSR count). The average Bonchev–Trinajstić information content (AvgIpc) is 2.27. The Hall–Kier alpha value is -0.580. The highest BCUT2D eigenvalue weighted by molar-refractivity contribution is 14.0. The number of hydrogen-bond donors (Lipinski definition) is 1. The molecule has 58 valence electrons. The number of hydrogen-bond acceptors (Lipinski definition) is 2. The van der Waals surface area contributed by atoms with E-state index in [1.54, 1.807) is 0 Å². The van der Waals surface area contributed by atoms with Gasteiger partial charge >= 0.3 is 0 Å². The van der Waals surface area contributed by atoms with Gasteiger partial charge < -0.3 is 5.73 Å². The first-order valence-electron chi connectivity index (χ1n) is 3.27. The van der Waals surface area contributed by atoms with E-state index < -0.39 is 0 Å². The van der Waals surface area contributed by atoms with Crippen LogP contribution in [0.4, 0.5) is 5.69 Å². The monoisotopic (exact) mass is 260 g/mol. The molecule has 1 aromatic carbocycles. The van der Waals surface area contributed by atoms with E-state index in [-0.39, 0.29) is 24.0 Å². The lowest BCUT2D eigenvalue weighted by Crippen LogP contribution is -2.09. The van der Waals surface area contributed by atoms with Gasteiger partial charge in [0.2, 0.25) is 0 Å². The van der Waals surface area contributed by atoms with Crippen molar-refractivity contribution in [2.75, 3.05) is 0 Å². The van der Waals surface area contributed by atoms with Crippen molar-refractivity contribution in [2.24, 2.45) is 10.7 Å². The van der Waals surface area contributed by atoms with Crippen LogP contribution in [0, 0.1) is 0 Å². The molecule has 1 aromatic rings. The first kappa shape index (κ1) is 8.52. The van der Waals surface area contributed by atoms with Gasteiger partial charge in [-0.15, -0.1) is 24.0 Å². The summed E-state index contributed by atoms with van der Waals surface area (Å²) in [5, 5.41) is 0. The molecular weight excluding hydrogens is 251 g/mol. The number of para-hydroxylation sites is 1. The van der Waals surface area contributed by atoms with E-state index in [0.29, 0.717) is 0 Å². The number of nitrogens with zero attached hydrogens (tertiary/aromatic N) is 1. The average molecular weight is 260 g/mol. The molecule has 2 nitrogen and oxygen atoms in total. The fraction of sp³-hybridized carbons (Fsp3) is 0.125. The van der Waals surface area contributed by atoms with Crippen molar-refractivity contribution in [1.82, 2.24) is 0 Å². The number of amidine groups is 1. The van der Waals surface area contributed by atoms with Gasteiger partial charge in [0.1, 0.15) is 5.84 Å². The Labute approximate surface area is 82.5 Å². The minimum atomic E-state index is 0. The molecule has 0 atom stereocenters. The minimum absolute atomic E-state index is 0. The summed E-state index contributed by atoms with van der Waals surface area (Å²) in [4.78, 5) is 4.15. The van der Waals surface area contributed by atoms with Crippen LogP contribution in [0.5, 0.6) is 0 Å². The van der Waals surface area contributed by atoms with Gasteiger partial charge in [-0.2, -0.15) is 0 Å². The van der Waals surface area contributed by atoms with Gasteiger partial charge in [-0.25, -0.2) is 4.99 Å². The summed E-state index contributed by atoms with van der Waals surface area (Å²) < 4.78 is 0. The fourth-order valence-electron chi connectivity index (χ4n) is 1.16. The second kappa shape index (κ2) is 3.21. The topological polar surface area (TPSA) is 38.4 Å². The maximum Gasteiger partial charge on any atom is 0.104 e. The summed E-state index contributed by atoms with van der Waals surface area (Å²) in [6.07, 6.45) is 0.816. The predicted octanol–water partition coefficient (Wildman–Crippen LogP) is 1.85. The molecule has 1 aliphatic rings. The number of halogens is 1. The van der Waals surface area contributed by atoms with E-state index in [2.05, 4.69) is 11.1 Å². The van der Waals surface area contributed by atoms with Gasteiger partial charge in [-0.05, 0) is 11.6 Å². The van der Waals surface area contributed by atoms with Gasteiger partial charge in [0.15, 0.2) is 0 Å². The Balaban J connectivity index is 0.000000605. The maximum absolute atomic E-state index is 5.54. The van der Waals surface area contributed by atoms with E-state index in [9.17, 15) is 0 Å². The molecule has 0 aromatic heterocycles. The van der Waals surface area contributed by atoms with Gasteiger partial charge in [0, 0.05) is 6.42 Å². The van der Waals surface area contributed by atoms with Crippen molar-refractivity contribution in [3.8, 4) is 0 Å². The zero-order valence-electron chi connectivity index (χ0n) is 5.95. The lowest BCUT2D eigenvalue weighted by molar-refractivity contribution is 1.37. The van der Waals surface area contributed by atoms with Crippen LogP contribution in [0.25, 0.3) is 0 Å². The number of fused-ring (bicyclic) bond motifs is 1. The maximum atomic E-state index is 5.54. The van der Waals surface area contributed by atoms with E-state index in [0.717, 1.165) is 17.9 Å². The van der Waals surface area contributed by atoms with Gasteiger partial charge in [0.05, 0.1) is 5.69 Å². The molecule has 0 saturated heterocycles. The number of rotatable bonds is 0. The van der Waals surface area contributed by atoms with E-state index in [4.69, 9.17) is 5.73 Å². The summed E-state index contributed by atoms with van der Waals surface area (Å²) in [6.45, 7) is 0. The van der Waals surface area contributed by atoms with Crippen LogP contribution in [0.1, 0.15) is 5.56 Å². The van der Waals surface area contributed by atoms with Crippen molar-refractivity contribution in [1.29, 1.82) is 0 Å². The third kappa shape index (κ3) is 1.53. The van der Waals surface area contributed by atoms with Gasteiger partial charge in [-0.3, -0.25) is 0 Å². The molecule has 0 unspecified atom stereocenters. The number of benzene rings is 1. The quantitative estimate of drug-likeness (QED) is 0.710. The number of aliphatic imine (C=N–C) groups is 1. The van der Waals surface area contributed by atoms with Crippen molar-refractivity contribution >= 4 is 35.5 Å². The third-order valence-corrected chi connectivity index (χ3v) is 1.63. The van der Waals surface area contributed by atoms with Crippen molar-refractivity contribution < 1.29 is 0 Å². The first-order chi connectivity index (χ1) is 4.86. The highest BCUT2D eigenvalue weighted by Gasteiger charge is 2.09. The summed E-state index contributed by atoms with van der Waals surface area (Å²) in [7, 11) is 0. The molecule has 0 fully saturated rings. The molecule has 11 heavy (non-hydrogen) atoms. The first-order valence-corrected chi connectivity index (χ1v) is 3.27. The third-order valence-electron chi connectivity index (χ3n) is 1.63. The normalized spacial score (nSPS) is 13.3. The molecule has 0 spiro atoms. The van der Waals surface area contributed by atoms with E-state index >= 15 is 0 Å². The van der Waals surface area contributed by atoms with Crippen LogP contribution in [0.15, 0.2) is 29.3 Å². The van der Waals surface area contributed by atoms with Crippen LogP contribution in [-0.4, -0.2) is 5.84 Å². The Morgan fingerprint density at radius 1 is 1.27 bits per heavy atom. The standard InChI is InChI=1S/C8H8N2.HI/c9-8-5-6-3-1-2-4-7(6)10-8;/h1-4H,5H2,(H2,9,10);1H. The zero-order valence-corrected chi connectivity index (χ0v) is 8.28. The molecule has 1 aliphatic heterocycles. The summed E-state index contributed by atoms with van der Waals surface area (Å²) >= 11 is 0. The molecule has 0 amide bonds. The molecular formula is C8H9IN2. The van der Waals surface area contributed by atoms with E-state index in [1.807, 2.05) is 18.2 Å². The second-order valence-corrected chi connectivity index (χ2v) is 2.41. The smallest absolute Gasteiger partial charge is 0.104 e. The van der Waals surface area contributed by atoms with Crippen LogP contribution < -0.4 is 5.73 Å². The molecule has 2 N–H and O–H groups in total. The molecule has 0 radical (unpaired) electrons. The van der Waals surface area contributed by atoms with Crippen molar-refractivity contribution in [3.05, 3.63) is 29.8 Å². The number of nitrogens with two attached hydrogens (primary N) is 1. The minimum Gasteiger partial charge on any atom is -0.387 e. The Bertz CT molecular complexity index is 294. The van der Waals surface area contributed by atoms with Gasteiger partial charge in [-0.1, -0.05) is 18.2 Å². The highest BCUT2D eigenvalue weighted by atomic mass is 127. The lowest BCUT2D eigenvalue weighted by Gasteiger charge is -1.91. The Morgan fingerprint density at radius 2 is 2.00 bits per heavy atom. The Morgan fingerprint density at radius 3 is 2.73 bits per heavy atom. The van der Waals surface area contributed by atoms with Crippen molar-refractivity contribution in [3.63, 3.8) is 0 Å². The highest BCUT2D eigenvalue weighted by Crippen LogP contribution is 2.23. The molecule has 1 heterocycles. The summed E-state index contributed by atoms with van der Waals surface area (Å²) in [6, 6.07) is 8.02. The Kier molecular flexibility index (Phi) is 2.49. The lowest BCUT2D eigenvalue weighted by atomic mass is 10.1. The van der Waals surface area contributed by atoms with Crippen LogP contribution >= 0.6 is 24.0 Å². The second-order valence-electron chi connectivity index (χ2n) is 2.41. The molecule has 0 saturated carbocycles. The largest absolute Gasteiger partial charge is 0.387 e. The zero-order chi connectivity index (χ0) is 6.97. The molecule has 0 aliphatic carbocycles. The predicted molar refractivity (Wildman–Crippen MR) is 56.8 cm³/mol. The fourth-order valence-corrected chi connectivity index (χ4v) is 1.16. The molecule has 0 bridgehead atoms. The van der Waals surface area contributed by atoms with Crippen LogP contribution in [-0.2, 0) is 6.42 Å². The SMILES string of the molecule is I.NC1=Nc2ccccc2C1. The van der Waals surface area contributed by atoms with Crippen molar-refractivity contribution in [2.45, 2.75) is 6.42 Å².